The van der Waals surface area contributed by atoms with Crippen LogP contribution in [0.4, 0.5) is 0 Å². The molecule has 0 aromatic carbocycles. The first-order valence-electron chi connectivity index (χ1n) is 1.01. The Kier molecular flexibility index (Phi) is 5.55. The lowest BCUT2D eigenvalue weighted by molar-refractivity contribution is 2.60. The van der Waals surface area contributed by atoms with Crippen molar-refractivity contribution in [2.24, 2.45) is 0 Å². The fourth-order valence-corrected chi connectivity index (χ4v) is 0.735. The van der Waals surface area contributed by atoms with Gasteiger partial charge >= 0.3 is 0 Å². The highest BCUT2D eigenvalue weighted by Gasteiger charge is 1.53. The Bertz CT molecular complexity index is 31.9. The molecule has 0 saturated carbocycles. The van der Waals surface area contributed by atoms with Gasteiger partial charge in [-0.05, 0) is 10.8 Å². The van der Waals surface area contributed by atoms with Crippen molar-refractivity contribution in [1.29, 1.82) is 0 Å². The highest BCUT2D eigenvalue weighted by molar-refractivity contribution is 8.69. The molecule has 0 rings (SSSR count). The summed E-state index contributed by atoms with van der Waals surface area (Å²) in [7, 11) is 1.34. The Morgan fingerprint density at radius 2 is 2.20 bits per heavy atom. The van der Waals surface area contributed by atoms with E-state index in [2.05, 4.69) is 24.3 Å². The lowest BCUT2D eigenvalue weighted by Crippen LogP contribution is -1.21. The monoisotopic (exact) mass is 124 g/mol. The number of rotatable bonds is 1. The van der Waals surface area contributed by atoms with Gasteiger partial charge in [0, 0.05) is 0 Å². The minimum atomic E-state index is 1.34. The van der Waals surface area contributed by atoms with Crippen molar-refractivity contribution >= 4 is 35.1 Å². The molecule has 0 aromatic heterocycles. The third kappa shape index (κ3) is 4.79. The highest BCUT2D eigenvalue weighted by atomic mass is 33.1. The highest BCUT2D eigenvalue weighted by Crippen LogP contribution is 2.05. The first-order chi connectivity index (χ1) is 2.41. The van der Waals surface area contributed by atoms with Crippen LogP contribution in [0.1, 0.15) is 0 Å². The Hall–Kier alpha value is 0.790. The SMILES string of the molecule is SC=CSS. The lowest BCUT2D eigenvalue weighted by atomic mass is 11.3. The summed E-state index contributed by atoms with van der Waals surface area (Å²) in [6.45, 7) is 0. The van der Waals surface area contributed by atoms with Crippen LogP contribution in [0.15, 0.2) is 10.8 Å². The zero-order valence-electron chi connectivity index (χ0n) is 2.46. The van der Waals surface area contributed by atoms with E-state index >= 15 is 0 Å². The zero-order valence-corrected chi connectivity index (χ0v) is 5.06. The number of thiol groups is 2. The Morgan fingerprint density at radius 3 is 2.20 bits per heavy atom. The summed E-state index contributed by atoms with van der Waals surface area (Å²) >= 11 is 7.53. The fraction of sp³-hybridized carbons (Fsp3) is 0. The quantitative estimate of drug-likeness (QED) is 0.398. The maximum atomic E-state index is 3.78. The molecular formula is C2H4S3. The molecule has 0 heterocycles. The van der Waals surface area contributed by atoms with Crippen molar-refractivity contribution in [2.75, 3.05) is 0 Å². The van der Waals surface area contributed by atoms with Gasteiger partial charge in [-0.3, -0.25) is 0 Å². The standard InChI is InChI=1S/C2H4S3/c3-1-2-5-4/h1-4H. The molecule has 0 N–H and O–H groups in total. The molecule has 0 bridgehead atoms. The summed E-state index contributed by atoms with van der Waals surface area (Å²) < 4.78 is 0. The first kappa shape index (κ1) is 5.79. The van der Waals surface area contributed by atoms with Gasteiger partial charge in [-0.2, -0.15) is 12.6 Å². The van der Waals surface area contributed by atoms with Crippen LogP contribution >= 0.6 is 35.1 Å². The topological polar surface area (TPSA) is 0 Å². The van der Waals surface area contributed by atoms with Crippen molar-refractivity contribution in [2.45, 2.75) is 0 Å². The predicted molar refractivity (Wildman–Crippen MR) is 34.7 cm³/mol. The molecule has 0 atom stereocenters. The van der Waals surface area contributed by atoms with Gasteiger partial charge in [0.05, 0.1) is 0 Å². The molecule has 0 aliphatic carbocycles. The summed E-state index contributed by atoms with van der Waals surface area (Å²) in [5.41, 5.74) is 0. The van der Waals surface area contributed by atoms with Gasteiger partial charge in [-0.1, -0.05) is 10.8 Å². The van der Waals surface area contributed by atoms with E-state index in [9.17, 15) is 0 Å². The Morgan fingerprint density at radius 1 is 1.60 bits per heavy atom. The average Bonchev–Trinajstić information content (AvgIpc) is 1.41. The van der Waals surface area contributed by atoms with Crippen LogP contribution in [-0.4, -0.2) is 0 Å². The second kappa shape index (κ2) is 4.79. The molecule has 0 unspecified atom stereocenters. The van der Waals surface area contributed by atoms with Crippen molar-refractivity contribution < 1.29 is 0 Å². The molecule has 3 heteroatoms. The Balaban J connectivity index is 2.62. The van der Waals surface area contributed by atoms with E-state index in [0.717, 1.165) is 0 Å². The third-order valence-corrected chi connectivity index (χ3v) is 1.10. The van der Waals surface area contributed by atoms with Crippen LogP contribution in [0.5, 0.6) is 0 Å². The maximum Gasteiger partial charge on any atom is -0.0123 e. The summed E-state index contributed by atoms with van der Waals surface area (Å²) in [5, 5.41) is 3.41. The summed E-state index contributed by atoms with van der Waals surface area (Å²) in [5.74, 6) is 0. The largest absolute Gasteiger partial charge is 0.151 e. The minimum absolute atomic E-state index is 1.34. The summed E-state index contributed by atoms with van der Waals surface area (Å²) in [6, 6.07) is 0. The van der Waals surface area contributed by atoms with E-state index in [0.29, 0.717) is 0 Å². The number of hydrogen-bond donors (Lipinski definition) is 2. The summed E-state index contributed by atoms with van der Waals surface area (Å²) in [6.07, 6.45) is 0. The molecule has 0 saturated heterocycles. The smallest absolute Gasteiger partial charge is 0.0123 e. The molecule has 0 nitrogen and oxygen atoms in total. The van der Waals surface area contributed by atoms with Crippen molar-refractivity contribution in [3.63, 3.8) is 0 Å². The Labute approximate surface area is 46.2 Å². The van der Waals surface area contributed by atoms with Crippen LogP contribution in [0.2, 0.25) is 0 Å². The molecule has 0 radical (unpaired) electrons. The van der Waals surface area contributed by atoms with Gasteiger partial charge < -0.3 is 0 Å². The van der Waals surface area contributed by atoms with Gasteiger partial charge in [0.1, 0.15) is 0 Å². The molecule has 0 amide bonds. The minimum Gasteiger partial charge on any atom is -0.151 e. The van der Waals surface area contributed by atoms with Crippen molar-refractivity contribution in [3.05, 3.63) is 10.8 Å². The van der Waals surface area contributed by atoms with E-state index in [1.165, 1.54) is 10.8 Å². The van der Waals surface area contributed by atoms with E-state index < -0.39 is 0 Å². The zero-order chi connectivity index (χ0) is 4.12. The van der Waals surface area contributed by atoms with Crippen molar-refractivity contribution in [1.82, 2.24) is 0 Å². The van der Waals surface area contributed by atoms with E-state index in [4.69, 9.17) is 0 Å². The van der Waals surface area contributed by atoms with Gasteiger partial charge in [0.15, 0.2) is 0 Å². The van der Waals surface area contributed by atoms with Crippen LogP contribution in [-0.2, 0) is 0 Å². The van der Waals surface area contributed by atoms with Gasteiger partial charge in [-0.25, -0.2) is 0 Å². The molecule has 0 aromatic rings. The molecule has 0 fully saturated rings. The van der Waals surface area contributed by atoms with E-state index in [-0.39, 0.29) is 0 Å². The van der Waals surface area contributed by atoms with Crippen molar-refractivity contribution in [3.8, 4) is 0 Å². The number of hydrogen-bond acceptors (Lipinski definition) is 3. The van der Waals surface area contributed by atoms with E-state index in [1.807, 2.05) is 0 Å². The van der Waals surface area contributed by atoms with Crippen LogP contribution in [0, 0.1) is 0 Å². The van der Waals surface area contributed by atoms with Gasteiger partial charge in [0.25, 0.3) is 0 Å². The van der Waals surface area contributed by atoms with Crippen LogP contribution < -0.4 is 0 Å². The second-order valence-electron chi connectivity index (χ2n) is 0.391. The maximum absolute atomic E-state index is 3.78. The summed E-state index contributed by atoms with van der Waals surface area (Å²) in [4.78, 5) is 0. The van der Waals surface area contributed by atoms with Crippen LogP contribution in [0.25, 0.3) is 0 Å². The average molecular weight is 124 g/mol. The van der Waals surface area contributed by atoms with Gasteiger partial charge in [0.2, 0.25) is 0 Å². The molecule has 0 aliphatic rings. The molecule has 0 spiro atoms. The molecule has 30 valence electrons. The fourth-order valence-electron chi connectivity index (χ4n) is 0.0272. The third-order valence-electron chi connectivity index (χ3n) is 0.122. The first-order valence-corrected chi connectivity index (χ1v) is 3.46. The van der Waals surface area contributed by atoms with Crippen LogP contribution in [0.3, 0.4) is 0 Å². The lowest BCUT2D eigenvalue weighted by Gasteiger charge is -1.64. The van der Waals surface area contributed by atoms with Gasteiger partial charge in [-0.15, -0.1) is 11.7 Å². The normalized spacial score (nSPS) is 10.0. The molecular weight excluding hydrogens is 120 g/mol. The molecule has 5 heavy (non-hydrogen) atoms. The second-order valence-corrected chi connectivity index (χ2v) is 1.80. The molecule has 0 aliphatic heterocycles. The predicted octanol–water partition coefficient (Wildman–Crippen LogP) is 1.97. The van der Waals surface area contributed by atoms with E-state index in [1.54, 1.807) is 10.8 Å².